The van der Waals surface area contributed by atoms with E-state index in [1.165, 1.54) is 18.2 Å². The van der Waals surface area contributed by atoms with Gasteiger partial charge in [-0.25, -0.2) is 4.39 Å². The van der Waals surface area contributed by atoms with Crippen LogP contribution in [0.4, 0.5) is 10.1 Å². The van der Waals surface area contributed by atoms with Gasteiger partial charge in [0, 0.05) is 16.8 Å². The first-order valence-corrected chi connectivity index (χ1v) is 5.93. The molecule has 1 amide bonds. The van der Waals surface area contributed by atoms with E-state index in [-0.39, 0.29) is 5.56 Å². The minimum absolute atomic E-state index is 0.0323. The van der Waals surface area contributed by atoms with Crippen LogP contribution < -0.4 is 5.32 Å². The molecule has 0 spiro atoms. The van der Waals surface area contributed by atoms with Gasteiger partial charge in [-0.2, -0.15) is 0 Å². The Morgan fingerprint density at radius 2 is 1.89 bits per heavy atom. The highest BCUT2D eigenvalue weighted by Gasteiger charge is 2.48. The highest BCUT2D eigenvalue weighted by atomic mass is 19.1. The number of aliphatic hydroxyl groups is 1. The van der Waals surface area contributed by atoms with Crippen LogP contribution in [0, 0.1) is 12.7 Å². The molecule has 1 heterocycles. The van der Waals surface area contributed by atoms with Gasteiger partial charge < -0.3 is 10.4 Å². The first-order valence-electron chi connectivity index (χ1n) is 5.93. The summed E-state index contributed by atoms with van der Waals surface area (Å²) in [6, 6.07) is 10.9. The number of benzene rings is 2. The van der Waals surface area contributed by atoms with Crippen LogP contribution in [0.25, 0.3) is 0 Å². The van der Waals surface area contributed by atoms with Crippen LogP contribution in [0.5, 0.6) is 0 Å². The smallest absolute Gasteiger partial charge is 0.265 e. The van der Waals surface area contributed by atoms with Gasteiger partial charge >= 0.3 is 0 Å². The van der Waals surface area contributed by atoms with Crippen molar-refractivity contribution in [1.29, 1.82) is 0 Å². The fourth-order valence-electron chi connectivity index (χ4n) is 2.43. The van der Waals surface area contributed by atoms with E-state index in [9.17, 15) is 14.3 Å². The third-order valence-corrected chi connectivity index (χ3v) is 3.41. The molecule has 1 aliphatic heterocycles. The summed E-state index contributed by atoms with van der Waals surface area (Å²) in [6.45, 7) is 1.88. The van der Waals surface area contributed by atoms with E-state index in [4.69, 9.17) is 0 Å². The summed E-state index contributed by atoms with van der Waals surface area (Å²) in [5.74, 6) is -1.23. The molecule has 0 saturated carbocycles. The fourth-order valence-corrected chi connectivity index (χ4v) is 2.43. The zero-order valence-corrected chi connectivity index (χ0v) is 10.3. The minimum Gasteiger partial charge on any atom is -0.372 e. The van der Waals surface area contributed by atoms with Gasteiger partial charge in [0.1, 0.15) is 5.82 Å². The van der Waals surface area contributed by atoms with Crippen molar-refractivity contribution in [3.63, 3.8) is 0 Å². The van der Waals surface area contributed by atoms with E-state index in [0.29, 0.717) is 11.3 Å². The molecule has 3 rings (SSSR count). The second kappa shape index (κ2) is 3.90. The van der Waals surface area contributed by atoms with Crippen molar-refractivity contribution < 1.29 is 14.3 Å². The standard InChI is InChI=1S/C15H12FNO2/c1-9-6-7-11-13(8-9)17-14(18)15(11,19)10-4-2-3-5-12(10)16/h2-8,19H,1H3,(H,17,18). The van der Waals surface area contributed by atoms with E-state index in [1.807, 2.05) is 6.92 Å². The van der Waals surface area contributed by atoms with Crippen molar-refractivity contribution in [3.8, 4) is 0 Å². The molecule has 2 aromatic carbocycles. The molecule has 1 aliphatic rings. The summed E-state index contributed by atoms with van der Waals surface area (Å²) in [7, 11) is 0. The topological polar surface area (TPSA) is 49.3 Å². The van der Waals surface area contributed by atoms with Gasteiger partial charge in [0.05, 0.1) is 0 Å². The number of anilines is 1. The number of hydrogen-bond acceptors (Lipinski definition) is 2. The Hall–Kier alpha value is -2.20. The van der Waals surface area contributed by atoms with Crippen LogP contribution in [0.15, 0.2) is 42.5 Å². The number of nitrogens with one attached hydrogen (secondary N) is 1. The number of halogens is 1. The SMILES string of the molecule is Cc1ccc2c(c1)NC(=O)C2(O)c1ccccc1F. The molecule has 0 bridgehead atoms. The summed E-state index contributed by atoms with van der Waals surface area (Å²) in [6.07, 6.45) is 0. The van der Waals surface area contributed by atoms with Gasteiger partial charge in [0.25, 0.3) is 5.91 Å². The average molecular weight is 257 g/mol. The second-order valence-electron chi connectivity index (χ2n) is 4.69. The molecule has 0 aromatic heterocycles. The first-order chi connectivity index (χ1) is 9.03. The second-order valence-corrected chi connectivity index (χ2v) is 4.69. The molecule has 0 fully saturated rings. The fraction of sp³-hybridized carbons (Fsp3) is 0.133. The number of carbonyl (C=O) groups is 1. The molecular formula is C15H12FNO2. The number of carbonyl (C=O) groups excluding carboxylic acids is 1. The van der Waals surface area contributed by atoms with Crippen molar-refractivity contribution in [2.75, 3.05) is 5.32 Å². The Kier molecular flexibility index (Phi) is 2.43. The maximum atomic E-state index is 13.9. The average Bonchev–Trinajstić information content (AvgIpc) is 2.62. The maximum Gasteiger partial charge on any atom is 0.265 e. The molecule has 0 radical (unpaired) electrons. The maximum absolute atomic E-state index is 13.9. The Morgan fingerprint density at radius 3 is 2.63 bits per heavy atom. The highest BCUT2D eigenvalue weighted by Crippen LogP contribution is 2.41. The molecule has 3 nitrogen and oxygen atoms in total. The predicted molar refractivity (Wildman–Crippen MR) is 69.2 cm³/mol. The number of hydrogen-bond donors (Lipinski definition) is 2. The molecule has 2 N–H and O–H groups in total. The number of rotatable bonds is 1. The predicted octanol–water partition coefficient (Wildman–Crippen LogP) is 2.32. The number of amides is 1. The lowest BCUT2D eigenvalue weighted by Crippen LogP contribution is -2.36. The van der Waals surface area contributed by atoms with Gasteiger partial charge in [0.15, 0.2) is 5.60 Å². The molecular weight excluding hydrogens is 245 g/mol. The highest BCUT2D eigenvalue weighted by molar-refractivity contribution is 6.07. The summed E-state index contributed by atoms with van der Waals surface area (Å²) in [4.78, 5) is 12.1. The molecule has 1 atom stereocenters. The third kappa shape index (κ3) is 1.57. The minimum atomic E-state index is -1.96. The van der Waals surface area contributed by atoms with E-state index < -0.39 is 17.3 Å². The Balaban J connectivity index is 2.26. The normalized spacial score (nSPS) is 21.1. The lowest BCUT2D eigenvalue weighted by molar-refractivity contribution is -0.129. The summed E-state index contributed by atoms with van der Waals surface area (Å²) in [5, 5.41) is 13.3. The zero-order chi connectivity index (χ0) is 13.6. The van der Waals surface area contributed by atoms with Gasteiger partial charge in [0.2, 0.25) is 0 Å². The quantitative estimate of drug-likeness (QED) is 0.823. The summed E-state index contributed by atoms with van der Waals surface area (Å²) in [5.41, 5.74) is -0.134. The van der Waals surface area contributed by atoms with Crippen molar-refractivity contribution in [2.45, 2.75) is 12.5 Å². The molecule has 2 aromatic rings. The van der Waals surface area contributed by atoms with E-state index in [0.717, 1.165) is 5.56 Å². The summed E-state index contributed by atoms with van der Waals surface area (Å²) >= 11 is 0. The first kappa shape index (κ1) is 11.9. The van der Waals surface area contributed by atoms with Crippen LogP contribution in [0.3, 0.4) is 0 Å². The Labute approximate surface area is 109 Å². The lowest BCUT2D eigenvalue weighted by Gasteiger charge is -2.21. The van der Waals surface area contributed by atoms with Crippen molar-refractivity contribution in [1.82, 2.24) is 0 Å². The van der Waals surface area contributed by atoms with Crippen LogP contribution in [-0.4, -0.2) is 11.0 Å². The van der Waals surface area contributed by atoms with Gasteiger partial charge in [-0.1, -0.05) is 30.3 Å². The zero-order valence-electron chi connectivity index (χ0n) is 10.3. The number of fused-ring (bicyclic) bond motifs is 1. The van der Waals surface area contributed by atoms with Crippen LogP contribution >= 0.6 is 0 Å². The Morgan fingerprint density at radius 1 is 1.16 bits per heavy atom. The van der Waals surface area contributed by atoms with Crippen molar-refractivity contribution in [2.24, 2.45) is 0 Å². The van der Waals surface area contributed by atoms with E-state index in [2.05, 4.69) is 5.32 Å². The van der Waals surface area contributed by atoms with Gasteiger partial charge in [-0.15, -0.1) is 0 Å². The van der Waals surface area contributed by atoms with Crippen LogP contribution in [0.1, 0.15) is 16.7 Å². The van der Waals surface area contributed by atoms with Gasteiger partial charge in [-0.05, 0) is 24.6 Å². The molecule has 19 heavy (non-hydrogen) atoms. The monoisotopic (exact) mass is 257 g/mol. The van der Waals surface area contributed by atoms with E-state index >= 15 is 0 Å². The third-order valence-electron chi connectivity index (χ3n) is 3.41. The molecule has 0 aliphatic carbocycles. The van der Waals surface area contributed by atoms with Crippen molar-refractivity contribution >= 4 is 11.6 Å². The van der Waals surface area contributed by atoms with E-state index in [1.54, 1.807) is 24.3 Å². The largest absolute Gasteiger partial charge is 0.372 e. The Bertz CT molecular complexity index is 684. The molecule has 96 valence electrons. The lowest BCUT2D eigenvalue weighted by atomic mass is 9.87. The van der Waals surface area contributed by atoms with Crippen LogP contribution in [0.2, 0.25) is 0 Å². The molecule has 1 unspecified atom stereocenters. The van der Waals surface area contributed by atoms with Gasteiger partial charge in [-0.3, -0.25) is 4.79 Å². The summed E-state index contributed by atoms with van der Waals surface area (Å²) < 4.78 is 13.9. The molecule has 0 saturated heterocycles. The van der Waals surface area contributed by atoms with Crippen LogP contribution in [-0.2, 0) is 10.4 Å². The van der Waals surface area contributed by atoms with Crippen molar-refractivity contribution in [3.05, 3.63) is 65.0 Å². The molecule has 4 heteroatoms. The number of aryl methyl sites for hydroxylation is 1.